The summed E-state index contributed by atoms with van der Waals surface area (Å²) in [5.41, 5.74) is 4.56. The van der Waals surface area contributed by atoms with E-state index in [1.54, 1.807) is 43.3 Å². The van der Waals surface area contributed by atoms with Crippen molar-refractivity contribution in [1.29, 1.82) is 0 Å². The zero-order chi connectivity index (χ0) is 21.8. The van der Waals surface area contributed by atoms with Crippen molar-refractivity contribution >= 4 is 45.3 Å². The quantitative estimate of drug-likeness (QED) is 0.308. The maximum absolute atomic E-state index is 12.6. The maximum Gasteiger partial charge on any atom is 0.275 e. The van der Waals surface area contributed by atoms with Crippen LogP contribution in [0.3, 0.4) is 0 Å². The second kappa shape index (κ2) is 8.81. The molecule has 154 valence electrons. The lowest BCUT2D eigenvalue weighted by molar-refractivity contribution is 0.0951. The van der Waals surface area contributed by atoms with Crippen molar-refractivity contribution in [2.45, 2.75) is 6.92 Å². The summed E-state index contributed by atoms with van der Waals surface area (Å²) in [5, 5.41) is 20.8. The summed E-state index contributed by atoms with van der Waals surface area (Å²) in [6.07, 6.45) is 0. The molecule has 2 amide bonds. The Labute approximate surface area is 182 Å². The van der Waals surface area contributed by atoms with Gasteiger partial charge >= 0.3 is 0 Å². The van der Waals surface area contributed by atoms with Gasteiger partial charge in [-0.25, -0.2) is 5.43 Å². The molecule has 0 unspecified atom stereocenters. The summed E-state index contributed by atoms with van der Waals surface area (Å²) in [4.78, 5) is 25.4. The topological polar surface area (TPSA) is 90.8 Å². The summed E-state index contributed by atoms with van der Waals surface area (Å²) < 4.78 is 0. The number of nitrogens with one attached hydrogen (secondary N) is 2. The average molecular weight is 430 g/mol. The molecule has 31 heavy (non-hydrogen) atoms. The smallest absolute Gasteiger partial charge is 0.275 e. The molecule has 0 spiro atoms. The molecule has 0 atom stereocenters. The number of hydrazone groups is 1. The molecule has 0 aliphatic rings. The number of hydrogen-bond acceptors (Lipinski definition) is 5. The van der Waals surface area contributed by atoms with E-state index in [2.05, 4.69) is 15.8 Å². The maximum atomic E-state index is 12.6. The Bertz CT molecular complexity index is 1300. The summed E-state index contributed by atoms with van der Waals surface area (Å²) >= 11 is 1.37. The van der Waals surface area contributed by atoms with Crippen LogP contribution in [-0.2, 0) is 0 Å². The van der Waals surface area contributed by atoms with Gasteiger partial charge in [0.05, 0.1) is 16.2 Å². The van der Waals surface area contributed by atoms with E-state index in [0.29, 0.717) is 16.3 Å². The molecule has 4 aromatic rings. The Morgan fingerprint density at radius 3 is 2.42 bits per heavy atom. The summed E-state index contributed by atoms with van der Waals surface area (Å²) in [7, 11) is 0. The van der Waals surface area contributed by atoms with Crippen molar-refractivity contribution in [2.24, 2.45) is 5.10 Å². The van der Waals surface area contributed by atoms with E-state index in [4.69, 9.17) is 0 Å². The molecule has 4 rings (SSSR count). The van der Waals surface area contributed by atoms with Gasteiger partial charge in [-0.3, -0.25) is 9.59 Å². The molecule has 3 aromatic carbocycles. The van der Waals surface area contributed by atoms with Gasteiger partial charge in [-0.2, -0.15) is 5.10 Å². The normalized spacial score (nSPS) is 11.3. The van der Waals surface area contributed by atoms with E-state index < -0.39 is 5.91 Å². The van der Waals surface area contributed by atoms with Gasteiger partial charge in [0.25, 0.3) is 11.8 Å². The third-order valence-corrected chi connectivity index (χ3v) is 5.59. The second-order valence-corrected chi connectivity index (χ2v) is 7.81. The van der Waals surface area contributed by atoms with Crippen molar-refractivity contribution in [3.63, 3.8) is 0 Å². The number of hydrogen-bond donors (Lipinski definition) is 3. The largest absolute Gasteiger partial charge is 0.507 e. The lowest BCUT2D eigenvalue weighted by Gasteiger charge is -2.08. The lowest BCUT2D eigenvalue weighted by Crippen LogP contribution is -2.19. The summed E-state index contributed by atoms with van der Waals surface area (Å²) in [6, 6.07) is 21.4. The second-order valence-electron chi connectivity index (χ2n) is 6.87. The number of thiophene rings is 1. The van der Waals surface area contributed by atoms with Gasteiger partial charge in [0.2, 0.25) is 0 Å². The van der Waals surface area contributed by atoms with Crippen LogP contribution in [-0.4, -0.2) is 22.6 Å². The van der Waals surface area contributed by atoms with E-state index in [1.807, 2.05) is 41.8 Å². The van der Waals surface area contributed by atoms with Crippen LogP contribution in [0.15, 0.2) is 83.3 Å². The van der Waals surface area contributed by atoms with Crippen molar-refractivity contribution in [3.05, 3.63) is 94.2 Å². The molecule has 1 heterocycles. The summed E-state index contributed by atoms with van der Waals surface area (Å²) in [6.45, 7) is 1.75. The molecule has 6 nitrogen and oxygen atoms in total. The van der Waals surface area contributed by atoms with Crippen molar-refractivity contribution in [2.75, 3.05) is 5.32 Å². The summed E-state index contributed by atoms with van der Waals surface area (Å²) in [5.74, 6) is -0.797. The van der Waals surface area contributed by atoms with E-state index in [0.717, 1.165) is 16.3 Å². The number of amides is 2. The van der Waals surface area contributed by atoms with Crippen LogP contribution in [0.5, 0.6) is 5.75 Å². The van der Waals surface area contributed by atoms with Gasteiger partial charge in [-0.15, -0.1) is 11.3 Å². The zero-order valence-electron chi connectivity index (χ0n) is 16.6. The molecule has 0 saturated heterocycles. The van der Waals surface area contributed by atoms with Crippen LogP contribution in [0, 0.1) is 0 Å². The van der Waals surface area contributed by atoms with Gasteiger partial charge in [0, 0.05) is 5.69 Å². The van der Waals surface area contributed by atoms with E-state index >= 15 is 0 Å². The highest BCUT2D eigenvalue weighted by Gasteiger charge is 2.13. The number of aromatic hydroxyl groups is 1. The Hall–Kier alpha value is -3.97. The van der Waals surface area contributed by atoms with Crippen LogP contribution in [0.1, 0.15) is 32.5 Å². The minimum absolute atomic E-state index is 0.109. The predicted octanol–water partition coefficient (Wildman–Crippen LogP) is 5.01. The first kappa shape index (κ1) is 20.3. The fourth-order valence-electron chi connectivity index (χ4n) is 3.09. The highest BCUT2D eigenvalue weighted by Crippen LogP contribution is 2.25. The van der Waals surface area contributed by atoms with E-state index in [-0.39, 0.29) is 17.2 Å². The highest BCUT2D eigenvalue weighted by molar-refractivity contribution is 7.12. The number of anilines is 1. The van der Waals surface area contributed by atoms with Crippen LogP contribution < -0.4 is 10.7 Å². The third-order valence-electron chi connectivity index (χ3n) is 4.72. The van der Waals surface area contributed by atoms with Gasteiger partial charge in [0.1, 0.15) is 5.75 Å². The average Bonchev–Trinajstić information content (AvgIpc) is 3.32. The van der Waals surface area contributed by atoms with Crippen molar-refractivity contribution in [1.82, 2.24) is 5.43 Å². The minimum atomic E-state index is -0.509. The Kier molecular flexibility index (Phi) is 5.77. The van der Waals surface area contributed by atoms with Crippen molar-refractivity contribution < 1.29 is 14.7 Å². The van der Waals surface area contributed by atoms with Crippen LogP contribution in [0.4, 0.5) is 5.69 Å². The minimum Gasteiger partial charge on any atom is -0.507 e. The third kappa shape index (κ3) is 4.62. The molecule has 0 radical (unpaired) electrons. The fraction of sp³-hybridized carbons (Fsp3) is 0.0417. The molecule has 3 N–H and O–H groups in total. The number of phenolic OH excluding ortho intramolecular Hbond substituents is 1. The molecule has 0 fully saturated rings. The van der Waals surface area contributed by atoms with Crippen LogP contribution >= 0.6 is 11.3 Å². The lowest BCUT2D eigenvalue weighted by atomic mass is 10.1. The number of rotatable bonds is 5. The predicted molar refractivity (Wildman–Crippen MR) is 124 cm³/mol. The molecule has 0 saturated carbocycles. The van der Waals surface area contributed by atoms with Gasteiger partial charge < -0.3 is 10.4 Å². The molecule has 1 aromatic heterocycles. The molecule has 0 aliphatic heterocycles. The molecule has 0 aliphatic carbocycles. The molecular weight excluding hydrogens is 410 g/mol. The first-order chi connectivity index (χ1) is 15.0. The molecular formula is C24H19N3O3S. The number of nitrogens with zero attached hydrogens (tertiary/aromatic N) is 1. The zero-order valence-corrected chi connectivity index (χ0v) is 17.4. The number of fused-ring (bicyclic) bond motifs is 1. The fourth-order valence-corrected chi connectivity index (χ4v) is 3.71. The van der Waals surface area contributed by atoms with Gasteiger partial charge in [-0.05, 0) is 59.0 Å². The number of carbonyl (C=O) groups excluding carboxylic acids is 2. The SMILES string of the molecule is C/C(=N\NC(=O)c1cc2ccccc2cc1O)c1cccc(NC(=O)c2cccs2)c1. The monoisotopic (exact) mass is 429 g/mol. The first-order valence-electron chi connectivity index (χ1n) is 9.53. The van der Waals surface area contributed by atoms with Gasteiger partial charge in [0.15, 0.2) is 0 Å². The van der Waals surface area contributed by atoms with Crippen LogP contribution in [0.2, 0.25) is 0 Å². The van der Waals surface area contributed by atoms with Crippen molar-refractivity contribution in [3.8, 4) is 5.75 Å². The number of phenols is 1. The Morgan fingerprint density at radius 1 is 0.903 bits per heavy atom. The molecule has 0 bridgehead atoms. The van der Waals surface area contributed by atoms with Gasteiger partial charge in [-0.1, -0.05) is 42.5 Å². The molecule has 7 heteroatoms. The first-order valence-corrected chi connectivity index (χ1v) is 10.4. The van der Waals surface area contributed by atoms with Crippen LogP contribution in [0.25, 0.3) is 10.8 Å². The standard InChI is InChI=1S/C24H19N3O3S/c1-15(16-8-4-9-19(12-16)25-24(30)22-10-5-11-31-22)26-27-23(29)20-13-17-6-2-3-7-18(17)14-21(20)28/h2-14,28H,1H3,(H,25,30)(H,27,29)/b26-15+. The number of carbonyl (C=O) groups is 2. The Morgan fingerprint density at radius 2 is 1.68 bits per heavy atom. The Balaban J connectivity index is 1.49. The van der Waals surface area contributed by atoms with E-state index in [1.165, 1.54) is 11.3 Å². The highest BCUT2D eigenvalue weighted by atomic mass is 32.1. The van der Waals surface area contributed by atoms with E-state index in [9.17, 15) is 14.7 Å². The number of benzene rings is 3.